The average Bonchev–Trinajstić information content (AvgIpc) is 3.78. The number of hydrogen-bond acceptors (Lipinski definition) is 2. The van der Waals surface area contributed by atoms with Crippen molar-refractivity contribution in [1.29, 1.82) is 0 Å². The monoisotopic (exact) mass is 672 g/mol. The molecule has 0 bridgehead atoms. The molecule has 0 spiro atoms. The zero-order chi connectivity index (χ0) is 35.4. The van der Waals surface area contributed by atoms with Gasteiger partial charge < -0.3 is 13.9 Å². The predicted octanol–water partition coefficient (Wildman–Crippen LogP) is 13.8. The third-order valence-corrected chi connectivity index (χ3v) is 11.3. The fourth-order valence-corrected chi connectivity index (χ4v) is 8.66. The van der Waals surface area contributed by atoms with E-state index in [2.05, 4.69) is 190 Å². The highest BCUT2D eigenvalue weighted by atomic mass is 16.3. The van der Waals surface area contributed by atoms with Crippen molar-refractivity contribution < 1.29 is 4.42 Å². The molecule has 9 aromatic rings. The van der Waals surface area contributed by atoms with Gasteiger partial charge >= 0.3 is 0 Å². The number of furan rings is 1. The number of fused-ring (bicyclic) bond motifs is 9. The molecule has 52 heavy (non-hydrogen) atoms. The number of anilines is 3. The maximum absolute atomic E-state index is 6.70. The summed E-state index contributed by atoms with van der Waals surface area (Å²) in [6.45, 7) is 11.5. The molecule has 0 amide bonds. The van der Waals surface area contributed by atoms with Crippen molar-refractivity contribution in [3.05, 3.63) is 168 Å². The van der Waals surface area contributed by atoms with Gasteiger partial charge in [-0.25, -0.2) is 0 Å². The van der Waals surface area contributed by atoms with Crippen molar-refractivity contribution >= 4 is 60.8 Å². The maximum Gasteiger partial charge on any atom is 0.159 e. The van der Waals surface area contributed by atoms with Crippen molar-refractivity contribution in [1.82, 2.24) is 4.57 Å². The first-order chi connectivity index (χ1) is 25.2. The van der Waals surface area contributed by atoms with Gasteiger partial charge in [-0.3, -0.25) is 0 Å². The Morgan fingerprint density at radius 3 is 2.08 bits per heavy atom. The molecule has 0 unspecified atom stereocenters. The highest BCUT2D eigenvalue weighted by molar-refractivity contribution is 6.13. The third-order valence-electron chi connectivity index (χ3n) is 11.3. The summed E-state index contributed by atoms with van der Waals surface area (Å²) in [7, 11) is 0. The van der Waals surface area contributed by atoms with Crippen LogP contribution in [0.5, 0.6) is 0 Å². The normalized spacial score (nSPS) is 13.6. The van der Waals surface area contributed by atoms with E-state index in [1.54, 1.807) is 0 Å². The Balaban J connectivity index is 1.23. The second kappa shape index (κ2) is 11.0. The molecule has 1 aliphatic carbocycles. The van der Waals surface area contributed by atoms with Crippen LogP contribution >= 0.6 is 0 Å². The molecule has 0 N–H and O–H groups in total. The van der Waals surface area contributed by atoms with Gasteiger partial charge in [-0.05, 0) is 93.9 Å². The van der Waals surface area contributed by atoms with Crippen molar-refractivity contribution in [3.8, 4) is 16.8 Å². The largest absolute Gasteiger partial charge is 0.454 e. The Labute approximate surface area is 304 Å². The topological polar surface area (TPSA) is 21.3 Å². The Morgan fingerprint density at radius 2 is 1.21 bits per heavy atom. The molecule has 0 saturated carbocycles. The van der Waals surface area contributed by atoms with E-state index < -0.39 is 0 Å². The molecular formula is C49H40N2O. The van der Waals surface area contributed by atoms with Gasteiger partial charge in [-0.1, -0.05) is 126 Å². The van der Waals surface area contributed by atoms with Gasteiger partial charge in [0.15, 0.2) is 5.58 Å². The number of benzene rings is 7. The summed E-state index contributed by atoms with van der Waals surface area (Å²) in [5.41, 5.74) is 15.1. The Hall–Kier alpha value is -6.06. The van der Waals surface area contributed by atoms with Gasteiger partial charge in [-0.2, -0.15) is 0 Å². The molecule has 3 heteroatoms. The lowest BCUT2D eigenvalue weighted by molar-refractivity contribution is 0.590. The standard InChI is InChI=1S/C49H40N2O/c1-48(2,3)31-14-12-15-32(28-31)51-43-21-10-7-17-37(43)40-29-33(25-27-44(40)51)50(45-22-13-19-39-38-18-8-11-23-46(38)52-47(39)45)34-24-26-36-35-16-6-9-20-41(35)49(4,5)42(36)30-34/h6-30H,1-5H3. The zero-order valence-corrected chi connectivity index (χ0v) is 30.2. The van der Waals surface area contributed by atoms with Gasteiger partial charge in [0.2, 0.25) is 0 Å². The first-order valence-corrected chi connectivity index (χ1v) is 18.3. The minimum atomic E-state index is -0.127. The van der Waals surface area contributed by atoms with Crippen molar-refractivity contribution in [2.24, 2.45) is 0 Å². The number of hydrogen-bond donors (Lipinski definition) is 0. The second-order valence-corrected chi connectivity index (χ2v) is 15.8. The fourth-order valence-electron chi connectivity index (χ4n) is 8.66. The number of para-hydroxylation sites is 3. The van der Waals surface area contributed by atoms with Crippen molar-refractivity contribution in [2.45, 2.75) is 45.4 Å². The second-order valence-electron chi connectivity index (χ2n) is 15.8. The Kier molecular flexibility index (Phi) is 6.48. The SMILES string of the molecule is CC(C)(C)c1cccc(-n2c3ccccc3c3cc(N(c4ccc5c(c4)C(C)(C)c4ccccc4-5)c4cccc5c4oc4ccccc45)ccc32)c1. The molecule has 2 aromatic heterocycles. The van der Waals surface area contributed by atoms with Crippen molar-refractivity contribution in [3.63, 3.8) is 0 Å². The van der Waals surface area contributed by atoms with Crippen LogP contribution in [0, 0.1) is 0 Å². The molecule has 0 atom stereocenters. The van der Waals surface area contributed by atoms with Crippen LogP contribution in [-0.4, -0.2) is 4.57 Å². The van der Waals surface area contributed by atoms with Crippen molar-refractivity contribution in [2.75, 3.05) is 4.90 Å². The molecule has 1 aliphatic rings. The average molecular weight is 673 g/mol. The van der Waals surface area contributed by atoms with E-state index in [1.165, 1.54) is 55.3 Å². The van der Waals surface area contributed by atoms with E-state index in [0.29, 0.717) is 0 Å². The van der Waals surface area contributed by atoms with Crippen LogP contribution in [0.25, 0.3) is 60.6 Å². The number of rotatable bonds is 4. The summed E-state index contributed by atoms with van der Waals surface area (Å²) in [5, 5.41) is 4.68. The molecule has 0 radical (unpaired) electrons. The molecule has 252 valence electrons. The van der Waals surface area contributed by atoms with E-state index in [9.17, 15) is 0 Å². The number of nitrogens with zero attached hydrogens (tertiary/aromatic N) is 2. The molecule has 2 heterocycles. The van der Waals surface area contributed by atoms with Crippen LogP contribution in [0.3, 0.4) is 0 Å². The van der Waals surface area contributed by atoms with Crippen LogP contribution in [0.15, 0.2) is 156 Å². The van der Waals surface area contributed by atoms with Crippen LogP contribution in [0.2, 0.25) is 0 Å². The predicted molar refractivity (Wildman–Crippen MR) is 219 cm³/mol. The van der Waals surface area contributed by atoms with Gasteiger partial charge in [0, 0.05) is 44.0 Å². The van der Waals surface area contributed by atoms with E-state index in [-0.39, 0.29) is 10.8 Å². The highest BCUT2D eigenvalue weighted by Gasteiger charge is 2.36. The zero-order valence-electron chi connectivity index (χ0n) is 30.2. The minimum absolute atomic E-state index is 0.0475. The van der Waals surface area contributed by atoms with Gasteiger partial charge in [0.05, 0.1) is 16.7 Å². The van der Waals surface area contributed by atoms with Crippen LogP contribution in [-0.2, 0) is 10.8 Å². The summed E-state index contributed by atoms with van der Waals surface area (Å²) in [6.07, 6.45) is 0. The Bertz CT molecular complexity index is 2880. The number of aromatic nitrogens is 1. The van der Waals surface area contributed by atoms with E-state index >= 15 is 0 Å². The summed E-state index contributed by atoms with van der Waals surface area (Å²) >= 11 is 0. The van der Waals surface area contributed by atoms with Gasteiger partial charge in [-0.15, -0.1) is 0 Å². The molecule has 10 rings (SSSR count). The van der Waals surface area contributed by atoms with Crippen LogP contribution in [0.4, 0.5) is 17.1 Å². The third kappa shape index (κ3) is 4.45. The van der Waals surface area contributed by atoms with Gasteiger partial charge in [0.1, 0.15) is 5.58 Å². The molecule has 7 aromatic carbocycles. The molecular weight excluding hydrogens is 633 g/mol. The van der Waals surface area contributed by atoms with E-state index in [0.717, 1.165) is 39.0 Å². The maximum atomic E-state index is 6.70. The quantitative estimate of drug-likeness (QED) is 0.186. The fraction of sp³-hybridized carbons (Fsp3) is 0.143. The van der Waals surface area contributed by atoms with E-state index in [4.69, 9.17) is 4.42 Å². The highest BCUT2D eigenvalue weighted by Crippen LogP contribution is 2.51. The van der Waals surface area contributed by atoms with Crippen LogP contribution < -0.4 is 4.90 Å². The van der Waals surface area contributed by atoms with Gasteiger partial charge in [0.25, 0.3) is 0 Å². The lowest BCUT2D eigenvalue weighted by Gasteiger charge is -2.28. The lowest BCUT2D eigenvalue weighted by Crippen LogP contribution is -2.16. The van der Waals surface area contributed by atoms with E-state index in [1.807, 2.05) is 6.07 Å². The van der Waals surface area contributed by atoms with Crippen LogP contribution in [0.1, 0.15) is 51.3 Å². The molecule has 3 nitrogen and oxygen atoms in total. The summed E-state index contributed by atoms with van der Waals surface area (Å²) < 4.78 is 9.12. The smallest absolute Gasteiger partial charge is 0.159 e. The minimum Gasteiger partial charge on any atom is -0.454 e. The Morgan fingerprint density at radius 1 is 0.538 bits per heavy atom. The summed E-state index contributed by atoms with van der Waals surface area (Å²) in [4.78, 5) is 2.40. The first kappa shape index (κ1) is 30.7. The molecule has 0 aliphatic heterocycles. The molecule has 0 saturated heterocycles. The first-order valence-electron chi connectivity index (χ1n) is 18.3. The summed E-state index contributed by atoms with van der Waals surface area (Å²) in [5.74, 6) is 0. The lowest BCUT2D eigenvalue weighted by atomic mass is 9.82. The summed E-state index contributed by atoms with van der Waals surface area (Å²) in [6, 6.07) is 55.5. The molecule has 0 fully saturated rings.